The topological polar surface area (TPSA) is 49.6 Å². The maximum absolute atomic E-state index is 12.3. The fourth-order valence-corrected chi connectivity index (χ4v) is 3.32. The quantitative estimate of drug-likeness (QED) is 0.901. The van der Waals surface area contributed by atoms with Gasteiger partial charge < -0.3 is 15.5 Å². The number of rotatable bonds is 5. The van der Waals surface area contributed by atoms with Crippen LogP contribution in [-0.4, -0.2) is 55.0 Å². The average Bonchev–Trinajstić information content (AvgIpc) is 2.54. The SMILES string of the molecule is CSCC[C@H](N)C(=O)N1CCN(c2cc(C)ccc2C)CC1. The number of anilines is 1. The average molecular weight is 321 g/mol. The third kappa shape index (κ3) is 4.17. The van der Waals surface area contributed by atoms with Crippen LogP contribution in [0.1, 0.15) is 17.5 Å². The minimum Gasteiger partial charge on any atom is -0.368 e. The van der Waals surface area contributed by atoms with E-state index < -0.39 is 0 Å². The van der Waals surface area contributed by atoms with E-state index in [0.717, 1.165) is 38.4 Å². The molecule has 4 nitrogen and oxygen atoms in total. The highest BCUT2D eigenvalue weighted by Crippen LogP contribution is 2.23. The largest absolute Gasteiger partial charge is 0.368 e. The Kier molecular flexibility index (Phi) is 6.15. The van der Waals surface area contributed by atoms with E-state index in [0.29, 0.717) is 0 Å². The number of benzene rings is 1. The van der Waals surface area contributed by atoms with Crippen molar-refractivity contribution in [3.8, 4) is 0 Å². The molecule has 2 rings (SSSR count). The first-order chi connectivity index (χ1) is 10.5. The summed E-state index contributed by atoms with van der Waals surface area (Å²) in [5, 5.41) is 0. The molecule has 22 heavy (non-hydrogen) atoms. The summed E-state index contributed by atoms with van der Waals surface area (Å²) in [6.45, 7) is 7.55. The van der Waals surface area contributed by atoms with Crippen molar-refractivity contribution >= 4 is 23.4 Å². The summed E-state index contributed by atoms with van der Waals surface area (Å²) in [5.74, 6) is 1.05. The van der Waals surface area contributed by atoms with Crippen LogP contribution >= 0.6 is 11.8 Å². The Morgan fingerprint density at radius 1 is 1.27 bits per heavy atom. The number of thioether (sulfide) groups is 1. The van der Waals surface area contributed by atoms with Gasteiger partial charge >= 0.3 is 0 Å². The minimum absolute atomic E-state index is 0.106. The molecular weight excluding hydrogens is 294 g/mol. The van der Waals surface area contributed by atoms with Gasteiger partial charge in [0.2, 0.25) is 5.91 Å². The molecule has 5 heteroatoms. The molecule has 1 aliphatic heterocycles. The molecule has 0 bridgehead atoms. The van der Waals surface area contributed by atoms with Crippen molar-refractivity contribution in [2.45, 2.75) is 26.3 Å². The lowest BCUT2D eigenvalue weighted by molar-refractivity contribution is -0.132. The first-order valence-electron chi connectivity index (χ1n) is 7.88. The maximum Gasteiger partial charge on any atom is 0.239 e. The van der Waals surface area contributed by atoms with E-state index >= 15 is 0 Å². The van der Waals surface area contributed by atoms with Crippen LogP contribution < -0.4 is 10.6 Å². The van der Waals surface area contributed by atoms with Crippen LogP contribution in [0, 0.1) is 13.8 Å². The van der Waals surface area contributed by atoms with Gasteiger partial charge in [0.05, 0.1) is 6.04 Å². The van der Waals surface area contributed by atoms with Crippen LogP contribution in [-0.2, 0) is 4.79 Å². The molecular formula is C17H27N3OS. The molecule has 1 aromatic rings. The predicted molar refractivity (Wildman–Crippen MR) is 95.7 cm³/mol. The lowest BCUT2D eigenvalue weighted by atomic mass is 10.1. The number of carbonyl (C=O) groups is 1. The summed E-state index contributed by atoms with van der Waals surface area (Å²) < 4.78 is 0. The van der Waals surface area contributed by atoms with Gasteiger partial charge in [-0.05, 0) is 49.5 Å². The van der Waals surface area contributed by atoms with Gasteiger partial charge in [0.15, 0.2) is 0 Å². The smallest absolute Gasteiger partial charge is 0.239 e. The molecule has 1 aromatic carbocycles. The number of amides is 1. The molecule has 1 saturated heterocycles. The first kappa shape index (κ1) is 17.2. The van der Waals surface area contributed by atoms with Crippen LogP contribution in [0.5, 0.6) is 0 Å². The Bertz CT molecular complexity index is 513. The minimum atomic E-state index is -0.347. The molecule has 2 N–H and O–H groups in total. The molecule has 122 valence electrons. The summed E-state index contributed by atoms with van der Waals surface area (Å²) in [6.07, 6.45) is 2.80. The second-order valence-corrected chi connectivity index (χ2v) is 6.98. The van der Waals surface area contributed by atoms with Gasteiger partial charge in [0, 0.05) is 31.9 Å². The van der Waals surface area contributed by atoms with Crippen molar-refractivity contribution in [2.24, 2.45) is 5.73 Å². The Morgan fingerprint density at radius 2 is 1.95 bits per heavy atom. The van der Waals surface area contributed by atoms with Gasteiger partial charge in [0.1, 0.15) is 0 Å². The fraction of sp³-hybridized carbons (Fsp3) is 0.588. The van der Waals surface area contributed by atoms with Crippen molar-refractivity contribution in [2.75, 3.05) is 43.1 Å². The summed E-state index contributed by atoms with van der Waals surface area (Å²) >= 11 is 1.74. The van der Waals surface area contributed by atoms with Gasteiger partial charge in [-0.15, -0.1) is 0 Å². The second kappa shape index (κ2) is 7.88. The van der Waals surface area contributed by atoms with E-state index in [1.165, 1.54) is 16.8 Å². The highest BCUT2D eigenvalue weighted by atomic mass is 32.2. The molecule has 0 radical (unpaired) electrons. The van der Waals surface area contributed by atoms with Gasteiger partial charge in [-0.2, -0.15) is 11.8 Å². The van der Waals surface area contributed by atoms with Crippen molar-refractivity contribution in [3.05, 3.63) is 29.3 Å². The summed E-state index contributed by atoms with van der Waals surface area (Å²) in [7, 11) is 0. The molecule has 1 atom stereocenters. The number of hydrogen-bond donors (Lipinski definition) is 1. The molecule has 0 unspecified atom stereocenters. The Morgan fingerprint density at radius 3 is 2.59 bits per heavy atom. The van der Waals surface area contributed by atoms with E-state index in [9.17, 15) is 4.79 Å². The van der Waals surface area contributed by atoms with Crippen LogP contribution in [0.3, 0.4) is 0 Å². The Labute approximate surface area is 138 Å². The number of piperazine rings is 1. The molecule has 1 amide bonds. The third-order valence-electron chi connectivity index (χ3n) is 4.25. The maximum atomic E-state index is 12.3. The van der Waals surface area contributed by atoms with Crippen molar-refractivity contribution in [1.82, 2.24) is 4.90 Å². The van der Waals surface area contributed by atoms with Gasteiger partial charge in [-0.1, -0.05) is 12.1 Å². The lowest BCUT2D eigenvalue weighted by Gasteiger charge is -2.37. The van der Waals surface area contributed by atoms with Gasteiger partial charge in [-0.3, -0.25) is 4.79 Å². The molecule has 1 aliphatic rings. The number of carbonyl (C=O) groups excluding carboxylic acids is 1. The third-order valence-corrected chi connectivity index (χ3v) is 4.89. The van der Waals surface area contributed by atoms with E-state index in [1.54, 1.807) is 11.8 Å². The zero-order valence-electron chi connectivity index (χ0n) is 13.8. The molecule has 0 aromatic heterocycles. The first-order valence-corrected chi connectivity index (χ1v) is 9.28. The summed E-state index contributed by atoms with van der Waals surface area (Å²) in [5.41, 5.74) is 9.87. The fourth-order valence-electron chi connectivity index (χ4n) is 2.83. The van der Waals surface area contributed by atoms with E-state index in [1.807, 2.05) is 11.2 Å². The zero-order chi connectivity index (χ0) is 16.1. The van der Waals surface area contributed by atoms with Crippen LogP contribution in [0.2, 0.25) is 0 Å². The zero-order valence-corrected chi connectivity index (χ0v) is 14.7. The van der Waals surface area contributed by atoms with Crippen molar-refractivity contribution < 1.29 is 4.79 Å². The van der Waals surface area contributed by atoms with Crippen molar-refractivity contribution in [3.63, 3.8) is 0 Å². The van der Waals surface area contributed by atoms with E-state index in [4.69, 9.17) is 5.73 Å². The molecule has 1 fully saturated rings. The van der Waals surface area contributed by atoms with Crippen LogP contribution in [0.25, 0.3) is 0 Å². The Hall–Kier alpha value is -1.20. The number of aryl methyl sites for hydroxylation is 2. The van der Waals surface area contributed by atoms with Crippen molar-refractivity contribution in [1.29, 1.82) is 0 Å². The standard InChI is InChI=1S/C17H27N3OS/c1-13-4-5-14(2)16(12-13)19-7-9-20(10-8-19)17(21)15(18)6-11-22-3/h4-5,12,15H,6-11,18H2,1-3H3/t15-/m0/s1. The highest BCUT2D eigenvalue weighted by molar-refractivity contribution is 7.98. The normalized spacial score (nSPS) is 16.7. The lowest BCUT2D eigenvalue weighted by Crippen LogP contribution is -2.53. The van der Waals surface area contributed by atoms with Crippen LogP contribution in [0.15, 0.2) is 18.2 Å². The number of hydrogen-bond acceptors (Lipinski definition) is 4. The number of nitrogens with zero attached hydrogens (tertiary/aromatic N) is 2. The second-order valence-electron chi connectivity index (χ2n) is 5.99. The van der Waals surface area contributed by atoms with E-state index in [-0.39, 0.29) is 11.9 Å². The summed E-state index contributed by atoms with van der Waals surface area (Å²) in [6, 6.07) is 6.20. The Balaban J connectivity index is 1.92. The number of nitrogens with two attached hydrogens (primary N) is 1. The molecule has 0 aliphatic carbocycles. The monoisotopic (exact) mass is 321 g/mol. The van der Waals surface area contributed by atoms with Gasteiger partial charge in [0.25, 0.3) is 0 Å². The molecule has 0 spiro atoms. The van der Waals surface area contributed by atoms with E-state index in [2.05, 4.69) is 36.9 Å². The predicted octanol–water partition coefficient (Wildman–Crippen LogP) is 2.03. The summed E-state index contributed by atoms with van der Waals surface area (Å²) in [4.78, 5) is 16.6. The van der Waals surface area contributed by atoms with Crippen LogP contribution in [0.4, 0.5) is 5.69 Å². The molecule has 1 heterocycles. The highest BCUT2D eigenvalue weighted by Gasteiger charge is 2.25. The van der Waals surface area contributed by atoms with Gasteiger partial charge in [-0.25, -0.2) is 0 Å². The molecule has 0 saturated carbocycles.